The first-order valence-corrected chi connectivity index (χ1v) is 7.66. The number of rotatable bonds is 3. The van der Waals surface area contributed by atoms with Crippen LogP contribution in [0.3, 0.4) is 0 Å². The maximum absolute atomic E-state index is 4.64. The van der Waals surface area contributed by atoms with E-state index in [2.05, 4.69) is 20.2 Å². The van der Waals surface area contributed by atoms with Crippen molar-refractivity contribution in [2.45, 2.75) is 44.6 Å². The van der Waals surface area contributed by atoms with E-state index in [-0.39, 0.29) is 0 Å². The summed E-state index contributed by atoms with van der Waals surface area (Å²) in [7, 11) is 0. The Labute approximate surface area is 115 Å². The fraction of sp³-hybridized carbons (Fsp3) is 0.733. The molecule has 0 aromatic carbocycles. The monoisotopic (exact) mass is 260 g/mol. The van der Waals surface area contributed by atoms with Crippen LogP contribution in [-0.4, -0.2) is 41.0 Å². The van der Waals surface area contributed by atoms with E-state index in [1.807, 2.05) is 12.4 Å². The van der Waals surface area contributed by atoms with Crippen LogP contribution < -0.4 is 5.32 Å². The highest BCUT2D eigenvalue weighted by atomic mass is 15.1. The summed E-state index contributed by atoms with van der Waals surface area (Å²) in [6.45, 7) is 5.61. The first-order valence-electron chi connectivity index (χ1n) is 7.66. The number of aromatic nitrogens is 2. The number of nitrogens with one attached hydrogen (secondary N) is 1. The fourth-order valence-corrected chi connectivity index (χ4v) is 3.11. The molecule has 2 aliphatic heterocycles. The summed E-state index contributed by atoms with van der Waals surface area (Å²) < 4.78 is 0. The first kappa shape index (κ1) is 13.0. The van der Waals surface area contributed by atoms with E-state index in [0.29, 0.717) is 5.92 Å². The lowest BCUT2D eigenvalue weighted by molar-refractivity contribution is 0.218. The Hall–Kier alpha value is -1.00. The minimum atomic E-state index is 0.560. The van der Waals surface area contributed by atoms with Crippen LogP contribution in [0.15, 0.2) is 12.4 Å². The molecule has 2 saturated heterocycles. The zero-order valence-electron chi connectivity index (χ0n) is 11.6. The molecule has 0 spiro atoms. The first-order chi connectivity index (χ1) is 9.42. The summed E-state index contributed by atoms with van der Waals surface area (Å²) in [4.78, 5) is 11.8. The second-order valence-electron chi connectivity index (χ2n) is 5.81. The Bertz CT molecular complexity index is 378. The number of likely N-dealkylation sites (tertiary alicyclic amines) is 1. The third-order valence-electron chi connectivity index (χ3n) is 4.27. The van der Waals surface area contributed by atoms with Crippen LogP contribution in [0.5, 0.6) is 0 Å². The standard InChI is InChI=1S/C15H24N4/c1-2-7-19(8-3-1)12-14-10-18-15(11-17-14)13-5-4-6-16-9-13/h10-11,13,16H,1-9,12H2. The van der Waals surface area contributed by atoms with Crippen LogP contribution >= 0.6 is 0 Å². The summed E-state index contributed by atoms with van der Waals surface area (Å²) in [5.41, 5.74) is 2.28. The highest BCUT2D eigenvalue weighted by molar-refractivity contribution is 5.09. The van der Waals surface area contributed by atoms with Gasteiger partial charge in [-0.15, -0.1) is 0 Å². The molecule has 1 unspecified atom stereocenters. The molecule has 19 heavy (non-hydrogen) atoms. The Morgan fingerprint density at radius 3 is 2.68 bits per heavy atom. The van der Waals surface area contributed by atoms with Crippen molar-refractivity contribution in [2.24, 2.45) is 0 Å². The SMILES string of the molecule is c1nc(C2CCCNC2)cnc1CN1CCCCC1. The largest absolute Gasteiger partial charge is 0.316 e. The second-order valence-corrected chi connectivity index (χ2v) is 5.81. The van der Waals surface area contributed by atoms with Crippen molar-refractivity contribution in [3.63, 3.8) is 0 Å². The van der Waals surface area contributed by atoms with E-state index >= 15 is 0 Å². The lowest BCUT2D eigenvalue weighted by Gasteiger charge is -2.26. The quantitative estimate of drug-likeness (QED) is 0.901. The molecule has 0 amide bonds. The molecule has 1 aromatic heterocycles. The fourth-order valence-electron chi connectivity index (χ4n) is 3.11. The topological polar surface area (TPSA) is 41.1 Å². The molecule has 0 bridgehead atoms. The maximum atomic E-state index is 4.64. The lowest BCUT2D eigenvalue weighted by atomic mass is 9.96. The zero-order valence-corrected chi connectivity index (χ0v) is 11.6. The van der Waals surface area contributed by atoms with Gasteiger partial charge < -0.3 is 5.32 Å². The van der Waals surface area contributed by atoms with Gasteiger partial charge in [0.1, 0.15) is 0 Å². The van der Waals surface area contributed by atoms with Gasteiger partial charge in [0.25, 0.3) is 0 Å². The molecule has 0 saturated carbocycles. The lowest BCUT2D eigenvalue weighted by Crippen LogP contribution is -2.30. The summed E-state index contributed by atoms with van der Waals surface area (Å²) in [6.07, 6.45) is 10.5. The van der Waals surface area contributed by atoms with Gasteiger partial charge in [0.15, 0.2) is 0 Å². The van der Waals surface area contributed by atoms with Crippen LogP contribution in [-0.2, 0) is 6.54 Å². The van der Waals surface area contributed by atoms with E-state index < -0.39 is 0 Å². The van der Waals surface area contributed by atoms with Crippen LogP contribution in [0.4, 0.5) is 0 Å². The van der Waals surface area contributed by atoms with Crippen LogP contribution in [0.1, 0.15) is 49.4 Å². The predicted molar refractivity (Wildman–Crippen MR) is 76.0 cm³/mol. The molecular weight excluding hydrogens is 236 g/mol. The van der Waals surface area contributed by atoms with Gasteiger partial charge in [0.2, 0.25) is 0 Å². The van der Waals surface area contributed by atoms with Crippen molar-refractivity contribution in [1.82, 2.24) is 20.2 Å². The van der Waals surface area contributed by atoms with Gasteiger partial charge in [-0.3, -0.25) is 14.9 Å². The molecular formula is C15H24N4. The average molecular weight is 260 g/mol. The molecule has 1 N–H and O–H groups in total. The van der Waals surface area contributed by atoms with Crippen LogP contribution in [0, 0.1) is 0 Å². The molecule has 4 nitrogen and oxygen atoms in total. The van der Waals surface area contributed by atoms with Crippen molar-refractivity contribution in [3.05, 3.63) is 23.8 Å². The number of hydrogen-bond donors (Lipinski definition) is 1. The molecule has 2 aliphatic rings. The van der Waals surface area contributed by atoms with E-state index in [0.717, 1.165) is 31.0 Å². The second kappa shape index (κ2) is 6.44. The van der Waals surface area contributed by atoms with Crippen molar-refractivity contribution < 1.29 is 0 Å². The highest BCUT2D eigenvalue weighted by Gasteiger charge is 2.17. The van der Waals surface area contributed by atoms with Crippen molar-refractivity contribution in [2.75, 3.05) is 26.2 Å². The highest BCUT2D eigenvalue weighted by Crippen LogP contribution is 2.20. The third-order valence-corrected chi connectivity index (χ3v) is 4.27. The predicted octanol–water partition coefficient (Wildman–Crippen LogP) is 1.93. The Kier molecular flexibility index (Phi) is 4.41. The van der Waals surface area contributed by atoms with Crippen molar-refractivity contribution in [1.29, 1.82) is 0 Å². The number of hydrogen-bond acceptors (Lipinski definition) is 4. The van der Waals surface area contributed by atoms with E-state index in [4.69, 9.17) is 0 Å². The molecule has 3 heterocycles. The van der Waals surface area contributed by atoms with Gasteiger partial charge in [-0.05, 0) is 45.3 Å². The Balaban J connectivity index is 1.58. The molecule has 1 atom stereocenters. The molecule has 2 fully saturated rings. The summed E-state index contributed by atoms with van der Waals surface area (Å²) in [5, 5.41) is 3.44. The average Bonchev–Trinajstić information content (AvgIpc) is 2.50. The molecule has 3 rings (SSSR count). The maximum Gasteiger partial charge on any atom is 0.0727 e. The smallest absolute Gasteiger partial charge is 0.0727 e. The number of nitrogens with zero attached hydrogens (tertiary/aromatic N) is 3. The van der Waals surface area contributed by atoms with Gasteiger partial charge in [-0.1, -0.05) is 6.42 Å². The molecule has 0 aliphatic carbocycles. The molecule has 104 valence electrons. The minimum Gasteiger partial charge on any atom is -0.316 e. The summed E-state index contributed by atoms with van der Waals surface area (Å²) in [6, 6.07) is 0. The summed E-state index contributed by atoms with van der Waals surface area (Å²) in [5.74, 6) is 0.560. The molecule has 1 aromatic rings. The van der Waals surface area contributed by atoms with Gasteiger partial charge in [-0.25, -0.2) is 0 Å². The minimum absolute atomic E-state index is 0.560. The van der Waals surface area contributed by atoms with E-state index in [9.17, 15) is 0 Å². The van der Waals surface area contributed by atoms with Crippen molar-refractivity contribution >= 4 is 0 Å². The van der Waals surface area contributed by atoms with Gasteiger partial charge >= 0.3 is 0 Å². The zero-order chi connectivity index (χ0) is 12.9. The van der Waals surface area contributed by atoms with Crippen molar-refractivity contribution in [3.8, 4) is 0 Å². The normalized spacial score (nSPS) is 25.4. The van der Waals surface area contributed by atoms with Gasteiger partial charge in [0, 0.05) is 25.2 Å². The Morgan fingerprint density at radius 2 is 2.00 bits per heavy atom. The Morgan fingerprint density at radius 1 is 1.11 bits per heavy atom. The van der Waals surface area contributed by atoms with Gasteiger partial charge in [0.05, 0.1) is 17.6 Å². The molecule has 0 radical (unpaired) electrons. The third kappa shape index (κ3) is 3.51. The van der Waals surface area contributed by atoms with E-state index in [1.165, 1.54) is 45.2 Å². The summed E-state index contributed by atoms with van der Waals surface area (Å²) >= 11 is 0. The van der Waals surface area contributed by atoms with Gasteiger partial charge in [-0.2, -0.15) is 0 Å². The van der Waals surface area contributed by atoms with E-state index in [1.54, 1.807) is 0 Å². The van der Waals surface area contributed by atoms with Crippen LogP contribution in [0.2, 0.25) is 0 Å². The van der Waals surface area contributed by atoms with Crippen LogP contribution in [0.25, 0.3) is 0 Å². The number of piperidine rings is 2. The molecule has 4 heteroatoms.